The summed E-state index contributed by atoms with van der Waals surface area (Å²) >= 11 is 12.4. The molecule has 0 radical (unpaired) electrons. The van der Waals surface area contributed by atoms with Crippen LogP contribution < -0.4 is 20.1 Å². The number of carbonyl (C=O) groups is 2. The number of amides is 2. The van der Waals surface area contributed by atoms with Crippen LogP contribution in [0.25, 0.3) is 6.08 Å². The summed E-state index contributed by atoms with van der Waals surface area (Å²) in [5, 5.41) is 15.0. The van der Waals surface area contributed by atoms with E-state index in [1.165, 1.54) is 49.6 Å². The third kappa shape index (κ3) is 6.96. The van der Waals surface area contributed by atoms with Gasteiger partial charge >= 0.3 is 0 Å². The van der Waals surface area contributed by atoms with Crippen molar-refractivity contribution in [1.82, 2.24) is 0 Å². The first-order valence-electron chi connectivity index (χ1n) is 10.0. The SMILES string of the molecule is COc1cc(/C=C(\C#N)C(=O)Nc2ccccc2Cl)cc(Cl)c1OCC(=O)Nc1ccc(F)cc1. The normalized spacial score (nSPS) is 10.8. The molecule has 7 nitrogen and oxygen atoms in total. The third-order valence-corrected chi connectivity index (χ3v) is 5.14. The Labute approximate surface area is 210 Å². The number of hydrogen-bond acceptors (Lipinski definition) is 5. The molecule has 0 atom stereocenters. The Hall–Kier alpha value is -4.06. The molecule has 0 aliphatic heterocycles. The average Bonchev–Trinajstić information content (AvgIpc) is 2.84. The second-order valence-electron chi connectivity index (χ2n) is 6.98. The van der Waals surface area contributed by atoms with Crippen LogP contribution >= 0.6 is 23.2 Å². The Balaban J connectivity index is 1.74. The second-order valence-corrected chi connectivity index (χ2v) is 7.80. The Kier molecular flexibility index (Phi) is 8.68. The largest absolute Gasteiger partial charge is 0.493 e. The minimum atomic E-state index is -0.659. The van der Waals surface area contributed by atoms with Gasteiger partial charge in [-0.1, -0.05) is 35.3 Å². The molecule has 2 amide bonds. The van der Waals surface area contributed by atoms with Crippen molar-refractivity contribution < 1.29 is 23.5 Å². The number of nitriles is 1. The zero-order valence-corrected chi connectivity index (χ0v) is 19.8. The van der Waals surface area contributed by atoms with Crippen LogP contribution in [0.3, 0.4) is 0 Å². The van der Waals surface area contributed by atoms with Gasteiger partial charge in [0.25, 0.3) is 11.8 Å². The molecule has 3 rings (SSSR count). The molecular weight excluding hydrogens is 496 g/mol. The van der Waals surface area contributed by atoms with E-state index in [1.807, 2.05) is 6.07 Å². The number of halogens is 3. The van der Waals surface area contributed by atoms with E-state index in [1.54, 1.807) is 24.3 Å². The van der Waals surface area contributed by atoms with Crippen molar-refractivity contribution >= 4 is 52.5 Å². The molecule has 0 aromatic heterocycles. The van der Waals surface area contributed by atoms with Gasteiger partial charge in [0.2, 0.25) is 0 Å². The molecule has 0 fully saturated rings. The highest BCUT2D eigenvalue weighted by Gasteiger charge is 2.16. The molecule has 35 heavy (non-hydrogen) atoms. The minimum Gasteiger partial charge on any atom is -0.493 e. The summed E-state index contributed by atoms with van der Waals surface area (Å²) in [5.41, 5.74) is 0.951. The van der Waals surface area contributed by atoms with Gasteiger partial charge in [-0.3, -0.25) is 9.59 Å². The number of nitrogens with one attached hydrogen (secondary N) is 2. The molecule has 178 valence electrons. The zero-order valence-electron chi connectivity index (χ0n) is 18.3. The first-order chi connectivity index (χ1) is 16.8. The molecule has 3 aromatic carbocycles. The molecule has 0 aliphatic rings. The van der Waals surface area contributed by atoms with Gasteiger partial charge in [-0.15, -0.1) is 0 Å². The third-order valence-electron chi connectivity index (χ3n) is 4.53. The van der Waals surface area contributed by atoms with Gasteiger partial charge in [0.05, 0.1) is 22.8 Å². The lowest BCUT2D eigenvalue weighted by atomic mass is 10.1. The fraction of sp³-hybridized carbons (Fsp3) is 0.0800. The highest BCUT2D eigenvalue weighted by atomic mass is 35.5. The lowest BCUT2D eigenvalue weighted by molar-refractivity contribution is -0.118. The molecule has 0 unspecified atom stereocenters. The average molecular weight is 514 g/mol. The molecular formula is C25H18Cl2FN3O4. The minimum absolute atomic E-state index is 0.0917. The number of nitrogens with zero attached hydrogens (tertiary/aromatic N) is 1. The van der Waals surface area contributed by atoms with Crippen molar-refractivity contribution in [3.8, 4) is 17.6 Å². The van der Waals surface area contributed by atoms with Gasteiger partial charge in [0.1, 0.15) is 17.5 Å². The summed E-state index contributed by atoms with van der Waals surface area (Å²) < 4.78 is 23.8. The number of benzene rings is 3. The Morgan fingerprint density at radius 2 is 1.77 bits per heavy atom. The first kappa shape index (κ1) is 25.6. The van der Waals surface area contributed by atoms with Crippen molar-refractivity contribution in [1.29, 1.82) is 5.26 Å². The van der Waals surface area contributed by atoms with Crippen LogP contribution in [-0.4, -0.2) is 25.5 Å². The van der Waals surface area contributed by atoms with Crippen molar-refractivity contribution in [2.24, 2.45) is 0 Å². The van der Waals surface area contributed by atoms with Crippen molar-refractivity contribution in [2.45, 2.75) is 0 Å². The fourth-order valence-corrected chi connectivity index (χ4v) is 3.36. The lowest BCUT2D eigenvalue weighted by Gasteiger charge is -2.13. The maximum absolute atomic E-state index is 13.0. The molecule has 2 N–H and O–H groups in total. The summed E-state index contributed by atoms with van der Waals surface area (Å²) in [7, 11) is 1.37. The number of anilines is 2. The number of hydrogen-bond donors (Lipinski definition) is 2. The second kappa shape index (κ2) is 11.9. The molecule has 0 bridgehead atoms. The van der Waals surface area contributed by atoms with E-state index >= 15 is 0 Å². The maximum atomic E-state index is 13.0. The predicted octanol–water partition coefficient (Wildman–Crippen LogP) is 5.70. The van der Waals surface area contributed by atoms with Crippen LogP contribution in [0.5, 0.6) is 11.5 Å². The van der Waals surface area contributed by atoms with Crippen LogP contribution in [0.1, 0.15) is 5.56 Å². The van der Waals surface area contributed by atoms with E-state index in [9.17, 15) is 19.2 Å². The number of methoxy groups -OCH3 is 1. The summed E-state index contributed by atoms with van der Waals surface area (Å²) in [5.74, 6) is -1.30. The van der Waals surface area contributed by atoms with E-state index < -0.39 is 24.2 Å². The van der Waals surface area contributed by atoms with Crippen LogP contribution in [0.4, 0.5) is 15.8 Å². The predicted molar refractivity (Wildman–Crippen MR) is 132 cm³/mol. The molecule has 0 saturated carbocycles. The number of ether oxygens (including phenoxy) is 2. The van der Waals surface area contributed by atoms with Gasteiger partial charge in [-0.2, -0.15) is 5.26 Å². The zero-order chi connectivity index (χ0) is 25.4. The smallest absolute Gasteiger partial charge is 0.266 e. The van der Waals surface area contributed by atoms with Crippen LogP contribution in [-0.2, 0) is 9.59 Å². The maximum Gasteiger partial charge on any atom is 0.266 e. The van der Waals surface area contributed by atoms with Gasteiger partial charge in [-0.25, -0.2) is 4.39 Å². The fourth-order valence-electron chi connectivity index (χ4n) is 2.90. The number of carbonyl (C=O) groups excluding carboxylic acids is 2. The molecule has 0 saturated heterocycles. The van der Waals surface area contributed by atoms with Crippen molar-refractivity contribution in [3.05, 3.63) is 87.7 Å². The van der Waals surface area contributed by atoms with Gasteiger partial charge in [0.15, 0.2) is 18.1 Å². The molecule has 0 aliphatic carbocycles. The van der Waals surface area contributed by atoms with Crippen LogP contribution in [0.15, 0.2) is 66.2 Å². The lowest BCUT2D eigenvalue weighted by Crippen LogP contribution is -2.20. The summed E-state index contributed by atoms with van der Waals surface area (Å²) in [6.45, 7) is -0.396. The molecule has 10 heteroatoms. The quantitative estimate of drug-likeness (QED) is 0.297. The molecule has 3 aromatic rings. The van der Waals surface area contributed by atoms with Crippen LogP contribution in [0, 0.1) is 17.1 Å². The number of para-hydroxylation sites is 1. The van der Waals surface area contributed by atoms with Gasteiger partial charge in [-0.05, 0) is 60.2 Å². The highest BCUT2D eigenvalue weighted by molar-refractivity contribution is 6.34. The standard InChI is InChI=1S/C25H18Cl2FN3O4/c1-34-22-12-15(10-16(13-29)25(33)31-21-5-3-2-4-19(21)26)11-20(27)24(22)35-14-23(32)30-18-8-6-17(28)7-9-18/h2-12H,14H2,1H3,(H,30,32)(H,31,33)/b16-10+. The summed E-state index contributed by atoms with van der Waals surface area (Å²) in [6.07, 6.45) is 1.33. The van der Waals surface area contributed by atoms with E-state index in [0.29, 0.717) is 22.0 Å². The van der Waals surface area contributed by atoms with Crippen LogP contribution in [0.2, 0.25) is 10.0 Å². The van der Waals surface area contributed by atoms with Gasteiger partial charge < -0.3 is 20.1 Å². The molecule has 0 spiro atoms. The Morgan fingerprint density at radius 3 is 2.43 bits per heavy atom. The first-order valence-corrected chi connectivity index (χ1v) is 10.8. The topological polar surface area (TPSA) is 100 Å². The summed E-state index contributed by atoms with van der Waals surface area (Å²) in [6, 6.07) is 16.7. The van der Waals surface area contributed by atoms with E-state index in [2.05, 4.69) is 10.6 Å². The number of rotatable bonds is 8. The van der Waals surface area contributed by atoms with Crippen molar-refractivity contribution in [3.63, 3.8) is 0 Å². The van der Waals surface area contributed by atoms with E-state index in [0.717, 1.165) is 0 Å². The highest BCUT2D eigenvalue weighted by Crippen LogP contribution is 2.37. The van der Waals surface area contributed by atoms with Gasteiger partial charge in [0, 0.05) is 5.69 Å². The Bertz CT molecular complexity index is 1320. The van der Waals surface area contributed by atoms with E-state index in [4.69, 9.17) is 32.7 Å². The van der Waals surface area contributed by atoms with Crippen molar-refractivity contribution in [2.75, 3.05) is 24.4 Å². The van der Waals surface area contributed by atoms with E-state index in [-0.39, 0.29) is 22.1 Å². The molecule has 0 heterocycles. The monoisotopic (exact) mass is 513 g/mol. The summed E-state index contributed by atoms with van der Waals surface area (Å²) in [4.78, 5) is 24.7. The Morgan fingerprint density at radius 1 is 1.06 bits per heavy atom.